The molecule has 1 N–H and O–H groups in total. The van der Waals surface area contributed by atoms with Crippen LogP contribution < -0.4 is 0 Å². The fourth-order valence-corrected chi connectivity index (χ4v) is 3.22. The summed E-state index contributed by atoms with van der Waals surface area (Å²) in [6, 6.07) is -0.372. The van der Waals surface area contributed by atoms with Gasteiger partial charge in [-0.1, -0.05) is 19.8 Å². The molecule has 0 spiro atoms. The predicted molar refractivity (Wildman–Crippen MR) is 58.9 cm³/mol. The average Bonchev–Trinajstić information content (AvgIpc) is 2.67. The van der Waals surface area contributed by atoms with Crippen molar-refractivity contribution in [2.24, 2.45) is 5.92 Å². The Morgan fingerprint density at radius 3 is 2.62 bits per heavy atom. The number of fused-ring (bicyclic) bond motifs is 1. The zero-order chi connectivity index (χ0) is 11.7. The van der Waals surface area contributed by atoms with Crippen LogP contribution in [0.25, 0.3) is 0 Å². The molecular weight excluding hydrogens is 206 g/mol. The SMILES string of the molecule is CCC(=O)N1C(C(=O)O)CC2CCCCC21. The minimum Gasteiger partial charge on any atom is -0.480 e. The number of likely N-dealkylation sites (tertiary alicyclic amines) is 1. The molecule has 3 unspecified atom stereocenters. The number of nitrogens with zero attached hydrogens (tertiary/aromatic N) is 1. The van der Waals surface area contributed by atoms with E-state index in [1.165, 1.54) is 6.42 Å². The Bertz CT molecular complexity index is 303. The third kappa shape index (κ3) is 1.81. The first kappa shape index (κ1) is 11.4. The lowest BCUT2D eigenvalue weighted by atomic mass is 9.85. The number of carboxylic acids is 1. The number of aliphatic carboxylic acids is 1. The van der Waals surface area contributed by atoms with E-state index in [9.17, 15) is 14.7 Å². The number of hydrogen-bond donors (Lipinski definition) is 1. The lowest BCUT2D eigenvalue weighted by molar-refractivity contribution is -0.149. The van der Waals surface area contributed by atoms with Gasteiger partial charge in [-0.2, -0.15) is 0 Å². The van der Waals surface area contributed by atoms with Gasteiger partial charge in [0.05, 0.1) is 0 Å². The quantitative estimate of drug-likeness (QED) is 0.777. The Hall–Kier alpha value is -1.06. The molecule has 0 radical (unpaired) electrons. The molecular formula is C12H19NO3. The number of rotatable bonds is 2. The molecule has 0 aromatic heterocycles. The molecule has 4 heteroatoms. The van der Waals surface area contributed by atoms with Gasteiger partial charge < -0.3 is 10.0 Å². The Balaban J connectivity index is 2.20. The molecule has 0 aromatic rings. The maximum Gasteiger partial charge on any atom is 0.326 e. The van der Waals surface area contributed by atoms with Gasteiger partial charge in [0.15, 0.2) is 0 Å². The lowest BCUT2D eigenvalue weighted by Gasteiger charge is -2.32. The van der Waals surface area contributed by atoms with Crippen molar-refractivity contribution in [3.63, 3.8) is 0 Å². The van der Waals surface area contributed by atoms with Gasteiger partial charge in [-0.25, -0.2) is 4.79 Å². The molecule has 1 saturated heterocycles. The van der Waals surface area contributed by atoms with Gasteiger partial charge in [0.25, 0.3) is 0 Å². The highest BCUT2D eigenvalue weighted by Gasteiger charge is 2.46. The first-order valence-corrected chi connectivity index (χ1v) is 6.19. The van der Waals surface area contributed by atoms with Crippen molar-refractivity contribution in [2.75, 3.05) is 0 Å². The summed E-state index contributed by atoms with van der Waals surface area (Å²) in [5.41, 5.74) is 0. The highest BCUT2D eigenvalue weighted by atomic mass is 16.4. The van der Waals surface area contributed by atoms with Crippen molar-refractivity contribution in [3.05, 3.63) is 0 Å². The minimum absolute atomic E-state index is 0.00167. The molecule has 3 atom stereocenters. The van der Waals surface area contributed by atoms with E-state index >= 15 is 0 Å². The van der Waals surface area contributed by atoms with Gasteiger partial charge in [0, 0.05) is 12.5 Å². The minimum atomic E-state index is -0.837. The fourth-order valence-electron chi connectivity index (χ4n) is 3.22. The maximum absolute atomic E-state index is 11.8. The Morgan fingerprint density at radius 1 is 1.31 bits per heavy atom. The maximum atomic E-state index is 11.8. The van der Waals surface area contributed by atoms with E-state index in [1.54, 1.807) is 11.8 Å². The normalized spacial score (nSPS) is 33.6. The summed E-state index contributed by atoms with van der Waals surface area (Å²) in [4.78, 5) is 24.7. The van der Waals surface area contributed by atoms with Gasteiger partial charge in [-0.05, 0) is 25.2 Å². The van der Waals surface area contributed by atoms with Crippen LogP contribution in [0.5, 0.6) is 0 Å². The van der Waals surface area contributed by atoms with E-state index in [4.69, 9.17) is 0 Å². The van der Waals surface area contributed by atoms with Crippen molar-refractivity contribution in [3.8, 4) is 0 Å². The summed E-state index contributed by atoms with van der Waals surface area (Å²) in [5, 5.41) is 9.18. The zero-order valence-electron chi connectivity index (χ0n) is 9.69. The number of amides is 1. The summed E-state index contributed by atoms with van der Waals surface area (Å²) in [5.74, 6) is -0.414. The van der Waals surface area contributed by atoms with Crippen LogP contribution in [0.1, 0.15) is 45.4 Å². The van der Waals surface area contributed by atoms with Crippen LogP contribution in [-0.2, 0) is 9.59 Å². The Morgan fingerprint density at radius 2 is 2.00 bits per heavy atom. The molecule has 0 aromatic carbocycles. The fraction of sp³-hybridized carbons (Fsp3) is 0.833. The van der Waals surface area contributed by atoms with E-state index < -0.39 is 12.0 Å². The average molecular weight is 225 g/mol. The summed E-state index contributed by atoms with van der Waals surface area (Å²) in [7, 11) is 0. The van der Waals surface area contributed by atoms with Crippen LogP contribution in [-0.4, -0.2) is 34.0 Å². The van der Waals surface area contributed by atoms with E-state index in [2.05, 4.69) is 0 Å². The third-order valence-electron chi connectivity index (χ3n) is 3.96. The second-order valence-electron chi connectivity index (χ2n) is 4.86. The first-order valence-electron chi connectivity index (χ1n) is 6.19. The molecule has 2 fully saturated rings. The molecule has 1 heterocycles. The topological polar surface area (TPSA) is 57.6 Å². The molecule has 4 nitrogen and oxygen atoms in total. The highest BCUT2D eigenvalue weighted by molar-refractivity contribution is 5.84. The predicted octanol–water partition coefficient (Wildman–Crippen LogP) is 1.64. The summed E-state index contributed by atoms with van der Waals surface area (Å²) in [6.07, 6.45) is 5.45. The van der Waals surface area contributed by atoms with Crippen molar-refractivity contribution in [1.29, 1.82) is 0 Å². The van der Waals surface area contributed by atoms with Gasteiger partial charge >= 0.3 is 5.97 Å². The molecule has 90 valence electrons. The van der Waals surface area contributed by atoms with Crippen LogP contribution in [0.2, 0.25) is 0 Å². The molecule has 1 amide bonds. The second kappa shape index (κ2) is 4.44. The Labute approximate surface area is 95.6 Å². The van der Waals surface area contributed by atoms with Crippen LogP contribution in [0.15, 0.2) is 0 Å². The van der Waals surface area contributed by atoms with Crippen molar-refractivity contribution in [2.45, 2.75) is 57.5 Å². The molecule has 1 aliphatic heterocycles. The largest absolute Gasteiger partial charge is 0.480 e. The van der Waals surface area contributed by atoms with Gasteiger partial charge in [0.1, 0.15) is 6.04 Å². The molecule has 16 heavy (non-hydrogen) atoms. The van der Waals surface area contributed by atoms with E-state index in [0.717, 1.165) is 19.3 Å². The number of carbonyl (C=O) groups is 2. The highest BCUT2D eigenvalue weighted by Crippen LogP contribution is 2.39. The molecule has 1 saturated carbocycles. The van der Waals surface area contributed by atoms with Crippen molar-refractivity contribution in [1.82, 2.24) is 4.90 Å². The van der Waals surface area contributed by atoms with Gasteiger partial charge in [0.2, 0.25) is 5.91 Å². The second-order valence-corrected chi connectivity index (χ2v) is 4.86. The number of carboxylic acid groups (broad SMARTS) is 1. The molecule has 2 aliphatic rings. The van der Waals surface area contributed by atoms with Gasteiger partial charge in [-0.3, -0.25) is 4.79 Å². The standard InChI is InChI=1S/C12H19NO3/c1-2-11(14)13-9-6-4-3-5-8(9)7-10(13)12(15)16/h8-10H,2-7H2,1H3,(H,15,16). The van der Waals surface area contributed by atoms with Crippen LogP contribution in [0, 0.1) is 5.92 Å². The van der Waals surface area contributed by atoms with Gasteiger partial charge in [-0.15, -0.1) is 0 Å². The Kier molecular flexibility index (Phi) is 3.17. The van der Waals surface area contributed by atoms with Crippen LogP contribution in [0.4, 0.5) is 0 Å². The summed E-state index contributed by atoms with van der Waals surface area (Å²) in [6.45, 7) is 1.80. The monoisotopic (exact) mass is 225 g/mol. The zero-order valence-corrected chi connectivity index (χ0v) is 9.69. The van der Waals surface area contributed by atoms with Crippen molar-refractivity contribution >= 4 is 11.9 Å². The molecule has 0 bridgehead atoms. The first-order chi connectivity index (χ1) is 7.65. The van der Waals surface area contributed by atoms with E-state index in [1.807, 2.05) is 0 Å². The van der Waals surface area contributed by atoms with Crippen molar-refractivity contribution < 1.29 is 14.7 Å². The number of hydrogen-bond acceptors (Lipinski definition) is 2. The van der Waals surface area contributed by atoms with Crippen LogP contribution in [0.3, 0.4) is 0 Å². The smallest absolute Gasteiger partial charge is 0.326 e. The lowest BCUT2D eigenvalue weighted by Crippen LogP contribution is -2.45. The summed E-state index contributed by atoms with van der Waals surface area (Å²) >= 11 is 0. The molecule has 1 aliphatic carbocycles. The summed E-state index contributed by atoms with van der Waals surface area (Å²) < 4.78 is 0. The number of carbonyl (C=O) groups excluding carboxylic acids is 1. The third-order valence-corrected chi connectivity index (χ3v) is 3.96. The van der Waals surface area contributed by atoms with E-state index in [-0.39, 0.29) is 11.9 Å². The van der Waals surface area contributed by atoms with E-state index in [0.29, 0.717) is 18.8 Å². The van der Waals surface area contributed by atoms with Crippen LogP contribution >= 0.6 is 0 Å². The molecule has 2 rings (SSSR count).